The number of nitrogens with zero attached hydrogens (tertiary/aromatic N) is 4. The largest absolute Gasteiger partial charge is 0.486 e. The summed E-state index contributed by atoms with van der Waals surface area (Å²) >= 11 is 5.55. The van der Waals surface area contributed by atoms with E-state index in [0.717, 1.165) is 19.4 Å². The van der Waals surface area contributed by atoms with Gasteiger partial charge in [-0.15, -0.1) is 6.58 Å². The number of β-amino-alcohol motifs (C(OH)–C–C–N with tert-alkyl or cyclic N) is 1. The van der Waals surface area contributed by atoms with Crippen molar-refractivity contribution in [3.63, 3.8) is 0 Å². The SMILES string of the molecule is C=CCn1c(COc2ccc(F)cc2)nn(CN2CCC[C@H](O)C2)c1=S. The lowest BCUT2D eigenvalue weighted by Crippen LogP contribution is -2.39. The molecule has 1 aliphatic rings. The van der Waals surface area contributed by atoms with Crippen LogP contribution < -0.4 is 4.74 Å². The number of aliphatic hydroxyl groups is 1. The van der Waals surface area contributed by atoms with Gasteiger partial charge in [0.15, 0.2) is 10.6 Å². The van der Waals surface area contributed by atoms with Crippen LogP contribution in [-0.4, -0.2) is 43.5 Å². The predicted molar refractivity (Wildman–Crippen MR) is 98.8 cm³/mol. The quantitative estimate of drug-likeness (QED) is 0.593. The lowest BCUT2D eigenvalue weighted by molar-refractivity contribution is 0.0511. The molecule has 0 spiro atoms. The first kappa shape index (κ1) is 18.8. The normalized spacial score (nSPS) is 18.0. The van der Waals surface area contributed by atoms with Gasteiger partial charge in [0.05, 0.1) is 12.8 Å². The summed E-state index contributed by atoms with van der Waals surface area (Å²) in [4.78, 5) is 2.14. The number of ether oxygens (including phenoxy) is 1. The summed E-state index contributed by atoms with van der Waals surface area (Å²) in [5.41, 5.74) is 0. The Balaban J connectivity index is 1.74. The van der Waals surface area contributed by atoms with Gasteiger partial charge in [-0.05, 0) is 49.3 Å². The molecule has 1 fully saturated rings. The molecular formula is C18H23FN4O2S. The van der Waals surface area contributed by atoms with Gasteiger partial charge in [-0.2, -0.15) is 5.10 Å². The molecule has 0 bridgehead atoms. The van der Waals surface area contributed by atoms with Gasteiger partial charge in [0.1, 0.15) is 18.2 Å². The van der Waals surface area contributed by atoms with Crippen LogP contribution in [0.2, 0.25) is 0 Å². The Morgan fingerprint density at radius 3 is 2.85 bits per heavy atom. The van der Waals surface area contributed by atoms with Gasteiger partial charge in [-0.25, -0.2) is 9.07 Å². The van der Waals surface area contributed by atoms with Gasteiger partial charge >= 0.3 is 0 Å². The number of aromatic nitrogens is 3. The topological polar surface area (TPSA) is 55.5 Å². The molecule has 0 unspecified atom stereocenters. The molecule has 1 aromatic carbocycles. The molecule has 3 rings (SSSR count). The van der Waals surface area contributed by atoms with Crippen LogP contribution in [0.15, 0.2) is 36.9 Å². The molecule has 1 atom stereocenters. The minimum Gasteiger partial charge on any atom is -0.486 e. The Labute approximate surface area is 157 Å². The lowest BCUT2D eigenvalue weighted by atomic mass is 10.1. The maximum atomic E-state index is 13.0. The molecular weight excluding hydrogens is 355 g/mol. The maximum Gasteiger partial charge on any atom is 0.199 e. The molecule has 0 saturated carbocycles. The van der Waals surface area contributed by atoms with Crippen molar-refractivity contribution in [2.45, 2.75) is 38.8 Å². The van der Waals surface area contributed by atoms with Crippen LogP contribution in [0, 0.1) is 10.6 Å². The van der Waals surface area contributed by atoms with Crippen molar-refractivity contribution < 1.29 is 14.2 Å². The highest BCUT2D eigenvalue weighted by Gasteiger charge is 2.19. The average molecular weight is 378 g/mol. The standard InChI is InChI=1S/C18H23FN4O2S/c1-2-9-22-17(12-25-16-7-5-14(19)6-8-16)20-23(18(22)26)13-21-10-3-4-15(24)11-21/h2,5-8,15,24H,1,3-4,9-13H2/t15-/m0/s1. The van der Waals surface area contributed by atoms with Crippen molar-refractivity contribution in [3.8, 4) is 5.75 Å². The Hall–Kier alpha value is -2.03. The van der Waals surface area contributed by atoms with E-state index in [0.29, 0.717) is 36.1 Å². The Bertz CT molecular complexity index is 803. The van der Waals surface area contributed by atoms with Gasteiger partial charge in [0, 0.05) is 19.6 Å². The monoisotopic (exact) mass is 378 g/mol. The summed E-state index contributed by atoms with van der Waals surface area (Å²) in [5, 5.41) is 14.4. The van der Waals surface area contributed by atoms with Gasteiger partial charge < -0.3 is 9.84 Å². The van der Waals surface area contributed by atoms with Crippen molar-refractivity contribution in [2.75, 3.05) is 13.1 Å². The van der Waals surface area contributed by atoms with E-state index in [1.807, 2.05) is 4.57 Å². The molecule has 0 aliphatic carbocycles. The highest BCUT2D eigenvalue weighted by atomic mass is 32.1. The number of rotatable bonds is 7. The van der Waals surface area contributed by atoms with Crippen molar-refractivity contribution in [2.24, 2.45) is 0 Å². The molecule has 0 radical (unpaired) electrons. The van der Waals surface area contributed by atoms with Crippen molar-refractivity contribution in [1.82, 2.24) is 19.2 Å². The van der Waals surface area contributed by atoms with Crippen molar-refractivity contribution >= 4 is 12.2 Å². The van der Waals surface area contributed by atoms with E-state index in [4.69, 9.17) is 17.0 Å². The zero-order valence-corrected chi connectivity index (χ0v) is 15.4. The molecule has 1 aliphatic heterocycles. The van der Waals surface area contributed by atoms with Crippen LogP contribution in [0.3, 0.4) is 0 Å². The van der Waals surface area contributed by atoms with Crippen molar-refractivity contribution in [1.29, 1.82) is 0 Å². The van der Waals surface area contributed by atoms with E-state index < -0.39 is 0 Å². The summed E-state index contributed by atoms with van der Waals surface area (Å²) in [6.07, 6.45) is 3.26. The van der Waals surface area contributed by atoms with Gasteiger partial charge in [0.25, 0.3) is 0 Å². The molecule has 2 aromatic rings. The molecule has 1 saturated heterocycles. The van der Waals surface area contributed by atoms with Crippen LogP contribution in [0.5, 0.6) is 5.75 Å². The zero-order valence-electron chi connectivity index (χ0n) is 14.6. The molecule has 140 valence electrons. The first-order valence-electron chi connectivity index (χ1n) is 8.63. The molecule has 6 nitrogen and oxygen atoms in total. The highest BCUT2D eigenvalue weighted by molar-refractivity contribution is 7.71. The minimum absolute atomic E-state index is 0.221. The Morgan fingerprint density at radius 2 is 2.15 bits per heavy atom. The second kappa shape index (κ2) is 8.57. The summed E-state index contributed by atoms with van der Waals surface area (Å²) in [7, 11) is 0. The smallest absolute Gasteiger partial charge is 0.199 e. The van der Waals surface area contributed by atoms with Gasteiger partial charge in [0.2, 0.25) is 0 Å². The fourth-order valence-electron chi connectivity index (χ4n) is 3.03. The number of aliphatic hydroxyl groups excluding tert-OH is 1. The fourth-order valence-corrected chi connectivity index (χ4v) is 3.30. The molecule has 26 heavy (non-hydrogen) atoms. The first-order valence-corrected chi connectivity index (χ1v) is 9.04. The summed E-state index contributed by atoms with van der Waals surface area (Å²) in [5.74, 6) is 0.938. The third kappa shape index (κ3) is 4.57. The van der Waals surface area contributed by atoms with Gasteiger partial charge in [-0.3, -0.25) is 9.47 Å². The molecule has 0 amide bonds. The second-order valence-corrected chi connectivity index (χ2v) is 6.72. The molecule has 2 heterocycles. The first-order chi connectivity index (χ1) is 12.6. The minimum atomic E-state index is -0.306. The zero-order chi connectivity index (χ0) is 18.5. The Morgan fingerprint density at radius 1 is 1.38 bits per heavy atom. The van der Waals surface area contributed by atoms with Crippen LogP contribution in [0.25, 0.3) is 0 Å². The number of hydrogen-bond donors (Lipinski definition) is 1. The van der Waals surface area contributed by atoms with Crippen LogP contribution in [-0.2, 0) is 19.8 Å². The lowest BCUT2D eigenvalue weighted by Gasteiger charge is -2.29. The Kier molecular flexibility index (Phi) is 6.18. The number of likely N-dealkylation sites (tertiary alicyclic amines) is 1. The molecule has 1 aromatic heterocycles. The predicted octanol–water partition coefficient (Wildman–Crippen LogP) is 2.73. The van der Waals surface area contributed by atoms with Crippen LogP contribution >= 0.6 is 12.2 Å². The van der Waals surface area contributed by atoms with Crippen LogP contribution in [0.4, 0.5) is 4.39 Å². The summed E-state index contributed by atoms with van der Waals surface area (Å²) < 4.78 is 22.9. The van der Waals surface area contributed by atoms with Gasteiger partial charge in [-0.1, -0.05) is 6.08 Å². The number of allylic oxidation sites excluding steroid dienone is 1. The molecule has 1 N–H and O–H groups in total. The number of hydrogen-bond acceptors (Lipinski definition) is 5. The fraction of sp³-hybridized carbons (Fsp3) is 0.444. The number of piperidine rings is 1. The van der Waals surface area contributed by atoms with E-state index in [1.54, 1.807) is 22.9 Å². The van der Waals surface area contributed by atoms with E-state index in [9.17, 15) is 9.50 Å². The average Bonchev–Trinajstić information content (AvgIpc) is 2.91. The maximum absolute atomic E-state index is 13.0. The molecule has 8 heteroatoms. The highest BCUT2D eigenvalue weighted by Crippen LogP contribution is 2.15. The van der Waals surface area contributed by atoms with E-state index >= 15 is 0 Å². The summed E-state index contributed by atoms with van der Waals surface area (Å²) in [6, 6.07) is 5.86. The third-order valence-corrected chi connectivity index (χ3v) is 4.74. The second-order valence-electron chi connectivity index (χ2n) is 6.35. The van der Waals surface area contributed by atoms with Crippen molar-refractivity contribution in [3.05, 3.63) is 53.3 Å². The van der Waals surface area contributed by atoms with E-state index in [2.05, 4.69) is 16.6 Å². The number of halogens is 1. The van der Waals surface area contributed by atoms with E-state index in [-0.39, 0.29) is 18.5 Å². The van der Waals surface area contributed by atoms with Crippen LogP contribution in [0.1, 0.15) is 18.7 Å². The van der Waals surface area contributed by atoms with E-state index in [1.165, 1.54) is 12.1 Å². The summed E-state index contributed by atoms with van der Waals surface area (Å²) in [6.45, 7) is 6.59. The number of benzene rings is 1. The third-order valence-electron chi connectivity index (χ3n) is 4.31.